The summed E-state index contributed by atoms with van der Waals surface area (Å²) in [6.07, 6.45) is -2.08. The summed E-state index contributed by atoms with van der Waals surface area (Å²) in [5, 5.41) is 0. The van der Waals surface area contributed by atoms with E-state index in [4.69, 9.17) is 24.4 Å². The zero-order valence-electron chi connectivity index (χ0n) is 20.5. The molecule has 3 aliphatic carbocycles. The first kappa shape index (κ1) is 23.5. The monoisotopic (exact) mass is 499 g/mol. The molecule has 1 unspecified atom stereocenters. The van der Waals surface area contributed by atoms with Crippen molar-refractivity contribution >= 4 is 11.2 Å². The average molecular weight is 500 g/mol. The van der Waals surface area contributed by atoms with Crippen LogP contribution in [0.2, 0.25) is 0 Å². The fraction of sp³-hybridized carbons (Fsp3) is 0.577. The first-order valence-electron chi connectivity index (χ1n) is 12.4. The van der Waals surface area contributed by atoms with Crippen molar-refractivity contribution in [3.05, 3.63) is 46.8 Å². The Morgan fingerprint density at radius 3 is 2.50 bits per heavy atom. The molecule has 0 N–H and O–H groups in total. The molecule has 10 heteroatoms. The van der Waals surface area contributed by atoms with E-state index < -0.39 is 17.5 Å². The summed E-state index contributed by atoms with van der Waals surface area (Å²) in [5.41, 5.74) is 3.31. The van der Waals surface area contributed by atoms with Crippen molar-refractivity contribution in [1.82, 2.24) is 24.9 Å². The van der Waals surface area contributed by atoms with E-state index in [1.165, 1.54) is 0 Å². The fourth-order valence-electron chi connectivity index (χ4n) is 6.30. The number of methoxy groups -OCH3 is 1. The van der Waals surface area contributed by atoms with Gasteiger partial charge in [-0.3, -0.25) is 0 Å². The second-order valence-electron chi connectivity index (χ2n) is 10.5. The topological polar surface area (TPSA) is 82.9 Å². The Hall–Kier alpha value is -2.88. The van der Waals surface area contributed by atoms with Gasteiger partial charge in [-0.1, -0.05) is 6.07 Å². The number of nitrogens with zero attached hydrogens (tertiary/aromatic N) is 5. The molecule has 3 aromatic heterocycles. The van der Waals surface area contributed by atoms with Gasteiger partial charge in [0.05, 0.1) is 35.8 Å². The van der Waals surface area contributed by atoms with E-state index in [0.717, 1.165) is 17.1 Å². The number of hydrogen-bond donors (Lipinski definition) is 0. The number of ether oxygens (including phenoxy) is 2. The summed E-state index contributed by atoms with van der Waals surface area (Å²) in [4.78, 5) is 23.7. The molecule has 3 atom stereocenters. The Kier molecular flexibility index (Phi) is 5.44. The number of hydrogen-bond acceptors (Lipinski definition) is 7. The third-order valence-corrected chi connectivity index (χ3v) is 8.30. The SMILES string of the molecule is COc1cccc([C@@H]2C[C@@H](c3nc(C45CC(C4)C(C(F)(F)F)C5)c4nc(C)c(C)nc4n3)CCO2)n1. The van der Waals surface area contributed by atoms with Crippen molar-refractivity contribution in [2.75, 3.05) is 13.7 Å². The average Bonchev–Trinajstić information content (AvgIpc) is 3.43. The standard InChI is InChI=1S/C26H28F3N5O2/c1-13-14(2)31-24-21(30-13)22(25-10-16(11-25)17(12-25)26(27,28)29)33-23(34-24)15-7-8-36-19(9-15)18-5-4-6-20(32-18)35-3/h4-6,15-17,19H,7-12H2,1-3H3/t15-,16?,17?,19-,25?/m0/s1. The lowest BCUT2D eigenvalue weighted by Gasteiger charge is -2.39. The maximum atomic E-state index is 13.7. The van der Waals surface area contributed by atoms with Gasteiger partial charge in [0.1, 0.15) is 17.4 Å². The normalized spacial score (nSPS) is 29.8. The highest BCUT2D eigenvalue weighted by molar-refractivity contribution is 5.75. The van der Waals surface area contributed by atoms with Gasteiger partial charge in [-0.2, -0.15) is 13.2 Å². The van der Waals surface area contributed by atoms with Crippen molar-refractivity contribution < 1.29 is 22.6 Å². The molecule has 2 bridgehead atoms. The van der Waals surface area contributed by atoms with Gasteiger partial charge in [-0.05, 0) is 57.9 Å². The quantitative estimate of drug-likeness (QED) is 0.481. The van der Waals surface area contributed by atoms with E-state index in [1.807, 2.05) is 26.0 Å². The zero-order valence-corrected chi connectivity index (χ0v) is 20.5. The summed E-state index contributed by atoms with van der Waals surface area (Å²) in [7, 11) is 1.57. The van der Waals surface area contributed by atoms with Crippen LogP contribution < -0.4 is 4.74 Å². The van der Waals surface area contributed by atoms with E-state index >= 15 is 0 Å². The van der Waals surface area contributed by atoms with Crippen molar-refractivity contribution in [1.29, 1.82) is 0 Å². The molecule has 0 aromatic carbocycles. The van der Waals surface area contributed by atoms with Gasteiger partial charge in [-0.25, -0.2) is 24.9 Å². The molecule has 1 aliphatic heterocycles. The smallest absolute Gasteiger partial charge is 0.392 e. The first-order chi connectivity index (χ1) is 17.2. The summed E-state index contributed by atoms with van der Waals surface area (Å²) in [6, 6.07) is 5.57. The molecule has 0 amide bonds. The number of fused-ring (bicyclic) bond motifs is 2. The molecule has 1 saturated heterocycles. The number of alkyl halides is 3. The zero-order chi connectivity index (χ0) is 25.2. The molecule has 4 aliphatic rings. The Morgan fingerprint density at radius 2 is 1.78 bits per heavy atom. The number of aromatic nitrogens is 5. The van der Waals surface area contributed by atoms with E-state index in [1.54, 1.807) is 13.2 Å². The summed E-state index contributed by atoms with van der Waals surface area (Å²) in [6.45, 7) is 4.24. The van der Waals surface area contributed by atoms with E-state index in [9.17, 15) is 13.2 Å². The minimum Gasteiger partial charge on any atom is -0.481 e. The second-order valence-corrected chi connectivity index (χ2v) is 10.5. The van der Waals surface area contributed by atoms with Crippen LogP contribution in [0.15, 0.2) is 18.2 Å². The molecule has 0 radical (unpaired) electrons. The molecule has 7 rings (SSSR count). The lowest BCUT2D eigenvalue weighted by Crippen LogP contribution is -2.35. The molecular weight excluding hydrogens is 471 g/mol. The van der Waals surface area contributed by atoms with Crippen molar-refractivity contribution in [2.45, 2.75) is 69.6 Å². The first-order valence-corrected chi connectivity index (χ1v) is 12.4. The molecule has 36 heavy (non-hydrogen) atoms. The fourth-order valence-corrected chi connectivity index (χ4v) is 6.30. The van der Waals surface area contributed by atoms with Gasteiger partial charge in [-0.15, -0.1) is 0 Å². The van der Waals surface area contributed by atoms with Crippen LogP contribution in [0.25, 0.3) is 11.2 Å². The minimum absolute atomic E-state index is 0.0320. The van der Waals surface area contributed by atoms with Crippen molar-refractivity contribution in [3.63, 3.8) is 0 Å². The molecule has 7 nitrogen and oxygen atoms in total. The van der Waals surface area contributed by atoms with Crippen LogP contribution in [-0.2, 0) is 10.2 Å². The van der Waals surface area contributed by atoms with E-state index in [-0.39, 0.29) is 24.4 Å². The molecule has 4 heterocycles. The van der Waals surface area contributed by atoms with Crippen LogP contribution in [0.1, 0.15) is 72.7 Å². The van der Waals surface area contributed by atoms with Crippen LogP contribution in [0.5, 0.6) is 5.88 Å². The van der Waals surface area contributed by atoms with Crippen LogP contribution >= 0.6 is 0 Å². The summed E-state index contributed by atoms with van der Waals surface area (Å²) in [5.74, 6) is -0.528. The summed E-state index contributed by atoms with van der Waals surface area (Å²) < 4.78 is 52.4. The maximum absolute atomic E-state index is 13.7. The number of rotatable bonds is 4. The molecule has 190 valence electrons. The van der Waals surface area contributed by atoms with Crippen LogP contribution in [0, 0.1) is 25.7 Å². The lowest BCUT2D eigenvalue weighted by atomic mass is 9.67. The van der Waals surface area contributed by atoms with Gasteiger partial charge in [0.2, 0.25) is 5.88 Å². The van der Waals surface area contributed by atoms with E-state index in [2.05, 4.69) is 9.97 Å². The van der Waals surface area contributed by atoms with Crippen LogP contribution in [0.3, 0.4) is 0 Å². The summed E-state index contributed by atoms with van der Waals surface area (Å²) >= 11 is 0. The highest BCUT2D eigenvalue weighted by Crippen LogP contribution is 2.66. The second kappa shape index (κ2) is 8.33. The predicted octanol–water partition coefficient (Wildman–Crippen LogP) is 5.31. The minimum atomic E-state index is -4.19. The Morgan fingerprint density at radius 1 is 1.00 bits per heavy atom. The Bertz CT molecular complexity index is 1320. The number of halogens is 3. The van der Waals surface area contributed by atoms with Crippen molar-refractivity contribution in [3.8, 4) is 5.88 Å². The largest absolute Gasteiger partial charge is 0.481 e. The number of aryl methyl sites for hydroxylation is 2. The highest BCUT2D eigenvalue weighted by Gasteiger charge is 2.65. The van der Waals surface area contributed by atoms with Crippen molar-refractivity contribution in [2.24, 2.45) is 11.8 Å². The van der Waals surface area contributed by atoms with Crippen LogP contribution in [0.4, 0.5) is 13.2 Å². The maximum Gasteiger partial charge on any atom is 0.392 e. The van der Waals surface area contributed by atoms with Gasteiger partial charge < -0.3 is 9.47 Å². The molecule has 3 saturated carbocycles. The third kappa shape index (κ3) is 3.81. The van der Waals surface area contributed by atoms with Gasteiger partial charge in [0, 0.05) is 24.0 Å². The number of pyridine rings is 1. The van der Waals surface area contributed by atoms with Gasteiger partial charge in [0.15, 0.2) is 5.65 Å². The predicted molar refractivity (Wildman–Crippen MR) is 125 cm³/mol. The van der Waals surface area contributed by atoms with Gasteiger partial charge in [0.25, 0.3) is 0 Å². The Balaban J connectivity index is 1.39. The van der Waals surface area contributed by atoms with Gasteiger partial charge >= 0.3 is 6.18 Å². The van der Waals surface area contributed by atoms with E-state index in [0.29, 0.717) is 60.9 Å². The third-order valence-electron chi connectivity index (χ3n) is 8.30. The molecule has 0 spiro atoms. The van der Waals surface area contributed by atoms with Crippen LogP contribution in [-0.4, -0.2) is 44.8 Å². The molecule has 3 aromatic rings. The lowest BCUT2D eigenvalue weighted by molar-refractivity contribution is -0.180. The Labute approximate surface area is 206 Å². The molecule has 4 fully saturated rings. The highest BCUT2D eigenvalue weighted by atomic mass is 19.4. The molecular formula is C26H28F3N5O2.